The summed E-state index contributed by atoms with van der Waals surface area (Å²) in [6.07, 6.45) is 0.979. The van der Waals surface area contributed by atoms with Crippen molar-refractivity contribution in [1.29, 1.82) is 0 Å². The second-order valence-corrected chi connectivity index (χ2v) is 2.92. The summed E-state index contributed by atoms with van der Waals surface area (Å²) in [4.78, 5) is 4.35. The van der Waals surface area contributed by atoms with Gasteiger partial charge < -0.3 is 9.67 Å². The van der Waals surface area contributed by atoms with Gasteiger partial charge in [-0.25, -0.2) is 4.98 Å². The summed E-state index contributed by atoms with van der Waals surface area (Å²) in [6, 6.07) is 0. The molecule has 0 aliphatic heterocycles. The summed E-state index contributed by atoms with van der Waals surface area (Å²) < 4.78 is 2.08. The number of aliphatic hydroxyl groups excluding tert-OH is 1. The third-order valence-corrected chi connectivity index (χ3v) is 2.12. The van der Waals surface area contributed by atoms with E-state index < -0.39 is 0 Å². The molecule has 0 atom stereocenters. The van der Waals surface area contributed by atoms with Gasteiger partial charge in [-0.15, -0.1) is 0 Å². The van der Waals surface area contributed by atoms with Crippen LogP contribution in [0.3, 0.4) is 0 Å². The van der Waals surface area contributed by atoms with E-state index in [0.29, 0.717) is 6.54 Å². The third kappa shape index (κ3) is 1.50. The van der Waals surface area contributed by atoms with Gasteiger partial charge >= 0.3 is 0 Å². The van der Waals surface area contributed by atoms with Crippen LogP contribution in [0.2, 0.25) is 0 Å². The highest BCUT2D eigenvalue weighted by Gasteiger charge is 2.07. The molecule has 1 N–H and O–H groups in total. The van der Waals surface area contributed by atoms with Gasteiger partial charge in [-0.2, -0.15) is 0 Å². The van der Waals surface area contributed by atoms with Crippen molar-refractivity contribution in [3.8, 4) is 0 Å². The number of hydrogen-bond donors (Lipinski definition) is 1. The van der Waals surface area contributed by atoms with Gasteiger partial charge in [-0.1, -0.05) is 6.92 Å². The van der Waals surface area contributed by atoms with E-state index in [-0.39, 0.29) is 6.61 Å². The number of aromatic nitrogens is 2. The number of aliphatic hydroxyl groups is 1. The third-order valence-electron chi connectivity index (χ3n) is 2.12. The molecule has 0 saturated carbocycles. The SMILES string of the molecule is CCc1c(C)nc(C)n1CCO. The molecule has 1 heterocycles. The highest BCUT2D eigenvalue weighted by molar-refractivity contribution is 5.15. The molecule has 0 spiro atoms. The first-order chi connectivity index (χ1) is 5.70. The smallest absolute Gasteiger partial charge is 0.106 e. The fourth-order valence-corrected chi connectivity index (χ4v) is 1.60. The quantitative estimate of drug-likeness (QED) is 0.732. The summed E-state index contributed by atoms with van der Waals surface area (Å²) in [6.45, 7) is 6.94. The van der Waals surface area contributed by atoms with Gasteiger partial charge in [-0.05, 0) is 20.3 Å². The summed E-state index contributed by atoms with van der Waals surface area (Å²) in [5.74, 6) is 0.999. The van der Waals surface area contributed by atoms with Crippen LogP contribution in [0.25, 0.3) is 0 Å². The van der Waals surface area contributed by atoms with Crippen LogP contribution in [0.4, 0.5) is 0 Å². The molecule has 0 aliphatic carbocycles. The van der Waals surface area contributed by atoms with E-state index >= 15 is 0 Å². The molecule has 1 aromatic heterocycles. The lowest BCUT2D eigenvalue weighted by atomic mass is 10.3. The number of aryl methyl sites for hydroxylation is 2. The van der Waals surface area contributed by atoms with Crippen molar-refractivity contribution in [2.45, 2.75) is 33.7 Å². The van der Waals surface area contributed by atoms with Crippen molar-refractivity contribution in [2.75, 3.05) is 6.61 Å². The highest BCUT2D eigenvalue weighted by Crippen LogP contribution is 2.10. The molecule has 0 fully saturated rings. The summed E-state index contributed by atoms with van der Waals surface area (Å²) in [7, 11) is 0. The lowest BCUT2D eigenvalue weighted by molar-refractivity contribution is 0.273. The second kappa shape index (κ2) is 3.72. The largest absolute Gasteiger partial charge is 0.395 e. The van der Waals surface area contributed by atoms with Crippen LogP contribution in [-0.2, 0) is 13.0 Å². The average Bonchev–Trinajstić information content (AvgIpc) is 2.28. The van der Waals surface area contributed by atoms with E-state index in [1.54, 1.807) is 0 Å². The molecule has 0 unspecified atom stereocenters. The molecule has 3 nitrogen and oxygen atoms in total. The van der Waals surface area contributed by atoms with E-state index in [1.807, 2.05) is 13.8 Å². The summed E-state index contributed by atoms with van der Waals surface area (Å²) in [5, 5.41) is 8.82. The molecule has 0 amide bonds. The van der Waals surface area contributed by atoms with Crippen molar-refractivity contribution < 1.29 is 5.11 Å². The molecule has 12 heavy (non-hydrogen) atoms. The number of rotatable bonds is 3. The van der Waals surface area contributed by atoms with Crippen LogP contribution >= 0.6 is 0 Å². The van der Waals surface area contributed by atoms with Gasteiger partial charge in [-0.3, -0.25) is 0 Å². The fraction of sp³-hybridized carbons (Fsp3) is 0.667. The van der Waals surface area contributed by atoms with Crippen molar-refractivity contribution in [3.05, 3.63) is 17.2 Å². The van der Waals surface area contributed by atoms with E-state index in [0.717, 1.165) is 17.9 Å². The van der Waals surface area contributed by atoms with Gasteiger partial charge in [0.1, 0.15) is 5.82 Å². The standard InChI is InChI=1S/C9H16N2O/c1-4-9-7(2)10-8(3)11(9)5-6-12/h12H,4-6H2,1-3H3. The molecule has 0 aliphatic rings. The second-order valence-electron chi connectivity index (χ2n) is 2.92. The van der Waals surface area contributed by atoms with Gasteiger partial charge in [0.2, 0.25) is 0 Å². The zero-order valence-electron chi connectivity index (χ0n) is 7.96. The number of imidazole rings is 1. The van der Waals surface area contributed by atoms with E-state index in [1.165, 1.54) is 5.69 Å². The van der Waals surface area contributed by atoms with Crippen LogP contribution < -0.4 is 0 Å². The van der Waals surface area contributed by atoms with Gasteiger partial charge in [0.15, 0.2) is 0 Å². The van der Waals surface area contributed by atoms with Crippen molar-refractivity contribution in [2.24, 2.45) is 0 Å². The predicted molar refractivity (Wildman–Crippen MR) is 48.2 cm³/mol. The Morgan fingerprint density at radius 3 is 2.58 bits per heavy atom. The van der Waals surface area contributed by atoms with Crippen LogP contribution in [-0.4, -0.2) is 21.3 Å². The zero-order valence-corrected chi connectivity index (χ0v) is 7.96. The molecule has 68 valence electrons. The number of nitrogens with zero attached hydrogens (tertiary/aromatic N) is 2. The number of hydrogen-bond acceptors (Lipinski definition) is 2. The van der Waals surface area contributed by atoms with E-state index in [2.05, 4.69) is 16.5 Å². The monoisotopic (exact) mass is 168 g/mol. The van der Waals surface area contributed by atoms with E-state index in [4.69, 9.17) is 5.11 Å². The molecule has 0 aromatic carbocycles. The topological polar surface area (TPSA) is 38.0 Å². The van der Waals surface area contributed by atoms with Crippen molar-refractivity contribution in [1.82, 2.24) is 9.55 Å². The maximum Gasteiger partial charge on any atom is 0.106 e. The Balaban J connectivity index is 3.04. The zero-order chi connectivity index (χ0) is 9.14. The van der Waals surface area contributed by atoms with Gasteiger partial charge in [0.05, 0.1) is 12.3 Å². The molecule has 0 saturated heterocycles. The maximum atomic E-state index is 8.82. The summed E-state index contributed by atoms with van der Waals surface area (Å²) >= 11 is 0. The molecular formula is C9H16N2O. The normalized spacial score (nSPS) is 10.7. The molecule has 1 aromatic rings. The molecule has 3 heteroatoms. The molecule has 0 bridgehead atoms. The lowest BCUT2D eigenvalue weighted by Crippen LogP contribution is -2.07. The van der Waals surface area contributed by atoms with Crippen LogP contribution in [0.5, 0.6) is 0 Å². The van der Waals surface area contributed by atoms with Gasteiger partial charge in [0, 0.05) is 12.2 Å². The molecular weight excluding hydrogens is 152 g/mol. The predicted octanol–water partition coefficient (Wildman–Crippen LogP) is 1.05. The van der Waals surface area contributed by atoms with Crippen molar-refractivity contribution >= 4 is 0 Å². The minimum Gasteiger partial charge on any atom is -0.395 e. The Morgan fingerprint density at radius 2 is 2.08 bits per heavy atom. The Morgan fingerprint density at radius 1 is 1.42 bits per heavy atom. The lowest BCUT2D eigenvalue weighted by Gasteiger charge is -2.06. The molecule has 1 rings (SSSR count). The highest BCUT2D eigenvalue weighted by atomic mass is 16.3. The average molecular weight is 168 g/mol. The fourth-order valence-electron chi connectivity index (χ4n) is 1.60. The van der Waals surface area contributed by atoms with Gasteiger partial charge in [0.25, 0.3) is 0 Å². The van der Waals surface area contributed by atoms with Crippen molar-refractivity contribution in [3.63, 3.8) is 0 Å². The first kappa shape index (κ1) is 9.26. The van der Waals surface area contributed by atoms with E-state index in [9.17, 15) is 0 Å². The van der Waals surface area contributed by atoms with Crippen LogP contribution in [0, 0.1) is 13.8 Å². The molecule has 0 radical (unpaired) electrons. The Labute approximate surface area is 73.1 Å². The first-order valence-corrected chi connectivity index (χ1v) is 4.34. The Kier molecular flexibility index (Phi) is 2.87. The first-order valence-electron chi connectivity index (χ1n) is 4.34. The minimum atomic E-state index is 0.184. The Bertz CT molecular complexity index is 266. The maximum absolute atomic E-state index is 8.82. The summed E-state index contributed by atoms with van der Waals surface area (Å²) in [5.41, 5.74) is 2.32. The van der Waals surface area contributed by atoms with Crippen LogP contribution in [0.1, 0.15) is 24.1 Å². The minimum absolute atomic E-state index is 0.184. The Hall–Kier alpha value is -0.830. The van der Waals surface area contributed by atoms with Crippen LogP contribution in [0.15, 0.2) is 0 Å².